The lowest BCUT2D eigenvalue weighted by atomic mass is 10.1. The molecule has 2 heteroatoms. The molecule has 70 valence electrons. The average Bonchev–Trinajstić information content (AvgIpc) is 2.20. The summed E-state index contributed by atoms with van der Waals surface area (Å²) in [5, 5.41) is 8.35. The second-order valence-corrected chi connectivity index (χ2v) is 3.00. The number of hydrogen-bond acceptors (Lipinski definition) is 2. The fourth-order valence-corrected chi connectivity index (χ4v) is 1.20. The van der Waals surface area contributed by atoms with Crippen LogP contribution in [0.15, 0.2) is 24.3 Å². The summed E-state index contributed by atoms with van der Waals surface area (Å²) in [6.07, 6.45) is 4.95. The first kappa shape index (κ1) is 10.2. The maximum atomic E-state index is 10.5. The quantitative estimate of drug-likeness (QED) is 0.679. The van der Waals surface area contributed by atoms with Gasteiger partial charge in [0, 0.05) is 5.56 Å². The molecule has 2 nitrogen and oxygen atoms in total. The Hall–Kier alpha value is -1.88. The van der Waals surface area contributed by atoms with Crippen LogP contribution in [0, 0.1) is 18.3 Å². The van der Waals surface area contributed by atoms with Crippen molar-refractivity contribution in [1.29, 1.82) is 5.26 Å². The molecule has 0 spiro atoms. The highest BCUT2D eigenvalue weighted by Crippen LogP contribution is 2.11. The minimum Gasteiger partial charge on any atom is -0.298 e. The largest absolute Gasteiger partial charge is 0.298 e. The van der Waals surface area contributed by atoms with Gasteiger partial charge in [-0.2, -0.15) is 5.26 Å². The molecule has 1 aromatic carbocycles. The SMILES string of the molecule is Cc1cc(C=O)ccc1C=CCC#N. The third-order valence-corrected chi connectivity index (χ3v) is 1.94. The van der Waals surface area contributed by atoms with E-state index in [-0.39, 0.29) is 0 Å². The zero-order valence-corrected chi connectivity index (χ0v) is 8.03. The summed E-state index contributed by atoms with van der Waals surface area (Å²) in [6, 6.07) is 7.52. The molecule has 14 heavy (non-hydrogen) atoms. The van der Waals surface area contributed by atoms with Gasteiger partial charge in [0.25, 0.3) is 0 Å². The predicted octanol–water partition coefficient (Wildman–Crippen LogP) is 2.73. The Bertz CT molecular complexity index is 399. The number of aryl methyl sites for hydroxylation is 1. The Kier molecular flexibility index (Phi) is 3.63. The molecule has 0 aliphatic carbocycles. The number of nitrogens with zero attached hydrogens (tertiary/aromatic N) is 1. The van der Waals surface area contributed by atoms with Gasteiger partial charge in [-0.15, -0.1) is 0 Å². The highest BCUT2D eigenvalue weighted by molar-refractivity contribution is 5.76. The number of nitriles is 1. The van der Waals surface area contributed by atoms with Crippen molar-refractivity contribution in [1.82, 2.24) is 0 Å². The molecule has 0 amide bonds. The smallest absolute Gasteiger partial charge is 0.150 e. The first-order chi connectivity index (χ1) is 6.77. The Morgan fingerprint density at radius 1 is 1.50 bits per heavy atom. The number of rotatable bonds is 3. The van der Waals surface area contributed by atoms with Crippen molar-refractivity contribution in [2.75, 3.05) is 0 Å². The number of carbonyl (C=O) groups excluding carboxylic acids is 1. The Balaban J connectivity index is 2.90. The number of hydrogen-bond donors (Lipinski definition) is 0. The van der Waals surface area contributed by atoms with Crippen LogP contribution in [0.1, 0.15) is 27.9 Å². The highest BCUT2D eigenvalue weighted by Gasteiger charge is 1.95. The first-order valence-corrected chi connectivity index (χ1v) is 4.37. The standard InChI is InChI=1S/C12H11NO/c1-10-8-11(9-14)5-6-12(10)4-2-3-7-13/h2,4-6,8-9H,3H2,1H3. The highest BCUT2D eigenvalue weighted by atomic mass is 16.1. The minimum atomic E-state index is 0.412. The van der Waals surface area contributed by atoms with Crippen LogP contribution in [-0.2, 0) is 0 Å². The van der Waals surface area contributed by atoms with Crippen LogP contribution in [0.4, 0.5) is 0 Å². The van der Waals surface area contributed by atoms with E-state index in [0.717, 1.165) is 17.4 Å². The van der Waals surface area contributed by atoms with Crippen molar-refractivity contribution in [3.05, 3.63) is 41.0 Å². The van der Waals surface area contributed by atoms with Crippen LogP contribution < -0.4 is 0 Å². The van der Waals surface area contributed by atoms with Crippen LogP contribution in [0.5, 0.6) is 0 Å². The Morgan fingerprint density at radius 2 is 2.29 bits per heavy atom. The van der Waals surface area contributed by atoms with Gasteiger partial charge in [-0.25, -0.2) is 0 Å². The zero-order chi connectivity index (χ0) is 10.4. The second-order valence-electron chi connectivity index (χ2n) is 3.00. The summed E-state index contributed by atoms with van der Waals surface area (Å²) in [7, 11) is 0. The molecule has 0 aliphatic rings. The molecular formula is C12H11NO. The third kappa shape index (κ3) is 2.56. The van der Waals surface area contributed by atoms with E-state index in [2.05, 4.69) is 0 Å². The topological polar surface area (TPSA) is 40.9 Å². The summed E-state index contributed by atoms with van der Waals surface area (Å²) in [5.74, 6) is 0. The van der Waals surface area contributed by atoms with E-state index in [0.29, 0.717) is 12.0 Å². The number of carbonyl (C=O) groups is 1. The van der Waals surface area contributed by atoms with Crippen LogP contribution in [0.2, 0.25) is 0 Å². The van der Waals surface area contributed by atoms with E-state index < -0.39 is 0 Å². The molecule has 0 heterocycles. The van der Waals surface area contributed by atoms with E-state index in [1.807, 2.05) is 37.3 Å². The van der Waals surface area contributed by atoms with E-state index in [1.165, 1.54) is 0 Å². The molecule has 0 aliphatic heterocycles. The molecule has 0 bridgehead atoms. The van der Waals surface area contributed by atoms with Gasteiger partial charge in [-0.1, -0.05) is 24.3 Å². The third-order valence-electron chi connectivity index (χ3n) is 1.94. The number of allylic oxidation sites excluding steroid dienone is 1. The predicted molar refractivity (Wildman–Crippen MR) is 55.8 cm³/mol. The van der Waals surface area contributed by atoms with Crippen LogP contribution in [-0.4, -0.2) is 6.29 Å². The van der Waals surface area contributed by atoms with E-state index in [4.69, 9.17) is 5.26 Å². The second kappa shape index (κ2) is 4.98. The van der Waals surface area contributed by atoms with Gasteiger partial charge in [-0.05, 0) is 24.1 Å². The van der Waals surface area contributed by atoms with Crippen molar-refractivity contribution in [3.63, 3.8) is 0 Å². The molecule has 0 fully saturated rings. The molecule has 0 saturated heterocycles. The van der Waals surface area contributed by atoms with Gasteiger partial charge in [0.15, 0.2) is 0 Å². The molecule has 0 atom stereocenters. The fraction of sp³-hybridized carbons (Fsp3) is 0.167. The lowest BCUT2D eigenvalue weighted by Crippen LogP contribution is -1.85. The van der Waals surface area contributed by atoms with E-state index in [9.17, 15) is 4.79 Å². The molecule has 0 saturated carbocycles. The van der Waals surface area contributed by atoms with Crippen molar-refractivity contribution < 1.29 is 4.79 Å². The van der Waals surface area contributed by atoms with Gasteiger partial charge in [0.2, 0.25) is 0 Å². The minimum absolute atomic E-state index is 0.412. The lowest BCUT2D eigenvalue weighted by Gasteiger charge is -2.00. The van der Waals surface area contributed by atoms with E-state index >= 15 is 0 Å². The average molecular weight is 185 g/mol. The summed E-state index contributed by atoms with van der Waals surface area (Å²) in [5.41, 5.74) is 2.77. The molecule has 1 aromatic rings. The Morgan fingerprint density at radius 3 is 2.86 bits per heavy atom. The van der Waals surface area contributed by atoms with E-state index in [1.54, 1.807) is 6.07 Å². The summed E-state index contributed by atoms with van der Waals surface area (Å²) >= 11 is 0. The number of aldehydes is 1. The maximum Gasteiger partial charge on any atom is 0.150 e. The first-order valence-electron chi connectivity index (χ1n) is 4.37. The molecule has 1 rings (SSSR count). The van der Waals surface area contributed by atoms with Gasteiger partial charge in [-0.3, -0.25) is 4.79 Å². The molecular weight excluding hydrogens is 174 g/mol. The fourth-order valence-electron chi connectivity index (χ4n) is 1.20. The van der Waals surface area contributed by atoms with Gasteiger partial charge < -0.3 is 0 Å². The van der Waals surface area contributed by atoms with Gasteiger partial charge >= 0.3 is 0 Å². The normalized spacial score (nSPS) is 10.0. The van der Waals surface area contributed by atoms with Crippen molar-refractivity contribution in [2.24, 2.45) is 0 Å². The molecule has 0 aromatic heterocycles. The maximum absolute atomic E-state index is 10.5. The monoisotopic (exact) mass is 185 g/mol. The zero-order valence-electron chi connectivity index (χ0n) is 8.03. The molecule has 0 N–H and O–H groups in total. The van der Waals surface area contributed by atoms with Crippen molar-refractivity contribution in [2.45, 2.75) is 13.3 Å². The number of benzene rings is 1. The molecule has 0 unspecified atom stereocenters. The van der Waals surface area contributed by atoms with Crippen molar-refractivity contribution in [3.8, 4) is 6.07 Å². The molecule has 0 radical (unpaired) electrons. The Labute approximate surface area is 83.5 Å². The summed E-state index contributed by atoms with van der Waals surface area (Å²) in [6.45, 7) is 1.94. The van der Waals surface area contributed by atoms with Gasteiger partial charge in [0.1, 0.15) is 6.29 Å². The van der Waals surface area contributed by atoms with Crippen LogP contribution in [0.3, 0.4) is 0 Å². The van der Waals surface area contributed by atoms with Gasteiger partial charge in [0.05, 0.1) is 12.5 Å². The van der Waals surface area contributed by atoms with Crippen LogP contribution >= 0.6 is 0 Å². The summed E-state index contributed by atoms with van der Waals surface area (Å²) < 4.78 is 0. The summed E-state index contributed by atoms with van der Waals surface area (Å²) in [4.78, 5) is 10.5. The van der Waals surface area contributed by atoms with Crippen LogP contribution in [0.25, 0.3) is 6.08 Å². The van der Waals surface area contributed by atoms with Crippen molar-refractivity contribution >= 4 is 12.4 Å². The lowest BCUT2D eigenvalue weighted by molar-refractivity contribution is 0.112.